The Hall–Kier alpha value is -1.38. The van der Waals surface area contributed by atoms with Crippen molar-refractivity contribution < 1.29 is 0 Å². The van der Waals surface area contributed by atoms with Crippen LogP contribution >= 0.6 is 0 Å². The molecule has 0 atom stereocenters. The SMILES string of the molecule is C=C1CCCN(c2nccc(C)n2)C1. The Labute approximate surface area is 84.5 Å². The van der Waals surface area contributed by atoms with Crippen LogP contribution in [0.2, 0.25) is 0 Å². The smallest absolute Gasteiger partial charge is 0.225 e. The van der Waals surface area contributed by atoms with E-state index in [0.29, 0.717) is 0 Å². The van der Waals surface area contributed by atoms with Crippen LogP contribution in [0.5, 0.6) is 0 Å². The number of piperidine rings is 1. The predicted molar refractivity (Wildman–Crippen MR) is 57.4 cm³/mol. The maximum absolute atomic E-state index is 4.40. The Morgan fingerprint density at radius 1 is 1.50 bits per heavy atom. The summed E-state index contributed by atoms with van der Waals surface area (Å²) < 4.78 is 0. The van der Waals surface area contributed by atoms with E-state index in [-0.39, 0.29) is 0 Å². The van der Waals surface area contributed by atoms with Gasteiger partial charge in [-0.1, -0.05) is 12.2 Å². The van der Waals surface area contributed by atoms with Crippen molar-refractivity contribution in [3.05, 3.63) is 30.1 Å². The lowest BCUT2D eigenvalue weighted by atomic mass is 10.1. The lowest BCUT2D eigenvalue weighted by Gasteiger charge is -2.28. The minimum atomic E-state index is 0.839. The Morgan fingerprint density at radius 3 is 3.07 bits per heavy atom. The second-order valence-electron chi connectivity index (χ2n) is 3.77. The number of aryl methyl sites for hydroxylation is 1. The van der Waals surface area contributed by atoms with Crippen LogP contribution < -0.4 is 4.90 Å². The molecule has 1 aromatic heterocycles. The van der Waals surface area contributed by atoms with Gasteiger partial charge in [-0.05, 0) is 25.8 Å². The zero-order valence-electron chi connectivity index (χ0n) is 8.53. The van der Waals surface area contributed by atoms with Crippen molar-refractivity contribution in [1.29, 1.82) is 0 Å². The van der Waals surface area contributed by atoms with Crippen molar-refractivity contribution in [3.8, 4) is 0 Å². The minimum absolute atomic E-state index is 0.839. The van der Waals surface area contributed by atoms with Gasteiger partial charge in [0.05, 0.1) is 0 Å². The zero-order valence-corrected chi connectivity index (χ0v) is 8.53. The van der Waals surface area contributed by atoms with Crippen LogP contribution in [0.1, 0.15) is 18.5 Å². The number of rotatable bonds is 1. The van der Waals surface area contributed by atoms with E-state index in [1.165, 1.54) is 5.57 Å². The van der Waals surface area contributed by atoms with E-state index in [4.69, 9.17) is 0 Å². The monoisotopic (exact) mass is 189 g/mol. The molecule has 3 heteroatoms. The molecule has 74 valence electrons. The van der Waals surface area contributed by atoms with Crippen molar-refractivity contribution in [2.75, 3.05) is 18.0 Å². The van der Waals surface area contributed by atoms with E-state index in [2.05, 4.69) is 21.4 Å². The molecule has 0 radical (unpaired) electrons. The quantitative estimate of drug-likeness (QED) is 0.632. The Kier molecular flexibility index (Phi) is 2.48. The van der Waals surface area contributed by atoms with Gasteiger partial charge in [-0.25, -0.2) is 9.97 Å². The summed E-state index contributed by atoms with van der Waals surface area (Å²) in [6.07, 6.45) is 4.12. The van der Waals surface area contributed by atoms with Crippen LogP contribution in [-0.4, -0.2) is 23.1 Å². The molecule has 0 unspecified atom stereocenters. The summed E-state index contributed by atoms with van der Waals surface area (Å²) in [5.74, 6) is 0.839. The van der Waals surface area contributed by atoms with E-state index in [1.54, 1.807) is 0 Å². The van der Waals surface area contributed by atoms with Gasteiger partial charge in [0.15, 0.2) is 0 Å². The number of hydrogen-bond donors (Lipinski definition) is 0. The molecule has 1 fully saturated rings. The van der Waals surface area contributed by atoms with Crippen LogP contribution in [0.4, 0.5) is 5.95 Å². The third-order valence-corrected chi connectivity index (χ3v) is 2.44. The van der Waals surface area contributed by atoms with Gasteiger partial charge in [0.1, 0.15) is 0 Å². The highest BCUT2D eigenvalue weighted by molar-refractivity contribution is 5.34. The van der Waals surface area contributed by atoms with E-state index >= 15 is 0 Å². The molecule has 2 heterocycles. The van der Waals surface area contributed by atoms with Gasteiger partial charge in [-0.3, -0.25) is 0 Å². The first-order valence-corrected chi connectivity index (χ1v) is 4.97. The van der Waals surface area contributed by atoms with Crippen LogP contribution in [0.3, 0.4) is 0 Å². The summed E-state index contributed by atoms with van der Waals surface area (Å²) in [4.78, 5) is 10.9. The molecule has 2 rings (SSSR count). The van der Waals surface area contributed by atoms with E-state index in [9.17, 15) is 0 Å². The molecular formula is C11H15N3. The molecule has 0 N–H and O–H groups in total. The Bertz CT molecular complexity index is 346. The largest absolute Gasteiger partial charge is 0.337 e. The van der Waals surface area contributed by atoms with Crippen LogP contribution in [-0.2, 0) is 0 Å². The van der Waals surface area contributed by atoms with Gasteiger partial charge in [0, 0.05) is 25.0 Å². The molecule has 1 aromatic rings. The van der Waals surface area contributed by atoms with Crippen LogP contribution in [0.15, 0.2) is 24.4 Å². The van der Waals surface area contributed by atoms with Crippen LogP contribution in [0, 0.1) is 6.92 Å². The first-order chi connectivity index (χ1) is 6.75. The van der Waals surface area contributed by atoms with Gasteiger partial charge in [0.25, 0.3) is 0 Å². The van der Waals surface area contributed by atoms with Crippen molar-refractivity contribution in [2.24, 2.45) is 0 Å². The summed E-state index contributed by atoms with van der Waals surface area (Å²) in [7, 11) is 0. The van der Waals surface area contributed by atoms with Crippen molar-refractivity contribution in [1.82, 2.24) is 9.97 Å². The average molecular weight is 189 g/mol. The molecule has 0 aliphatic carbocycles. The third kappa shape index (κ3) is 1.92. The molecule has 1 aliphatic rings. The number of anilines is 1. The number of hydrogen-bond acceptors (Lipinski definition) is 3. The highest BCUT2D eigenvalue weighted by atomic mass is 15.2. The number of nitrogens with zero attached hydrogens (tertiary/aromatic N) is 3. The van der Waals surface area contributed by atoms with Crippen molar-refractivity contribution in [2.45, 2.75) is 19.8 Å². The fourth-order valence-electron chi connectivity index (χ4n) is 1.71. The molecule has 1 saturated heterocycles. The average Bonchev–Trinajstić information content (AvgIpc) is 2.18. The highest BCUT2D eigenvalue weighted by Crippen LogP contribution is 2.17. The second kappa shape index (κ2) is 3.78. The lowest BCUT2D eigenvalue weighted by Crippen LogP contribution is -2.32. The van der Waals surface area contributed by atoms with E-state index in [1.807, 2.05) is 19.2 Å². The van der Waals surface area contributed by atoms with E-state index in [0.717, 1.165) is 37.6 Å². The van der Waals surface area contributed by atoms with Gasteiger partial charge in [0.2, 0.25) is 5.95 Å². The molecule has 14 heavy (non-hydrogen) atoms. The Morgan fingerprint density at radius 2 is 2.36 bits per heavy atom. The third-order valence-electron chi connectivity index (χ3n) is 2.44. The standard InChI is InChI=1S/C11H15N3/c1-9-4-3-7-14(8-9)11-12-6-5-10(2)13-11/h5-6H,1,3-4,7-8H2,2H3. The lowest BCUT2D eigenvalue weighted by molar-refractivity contribution is 0.663. The molecule has 0 bridgehead atoms. The first kappa shape index (κ1) is 9.19. The predicted octanol–water partition coefficient (Wildman–Crippen LogP) is 1.94. The second-order valence-corrected chi connectivity index (χ2v) is 3.77. The normalized spacial score (nSPS) is 17.2. The molecule has 0 aromatic carbocycles. The van der Waals surface area contributed by atoms with Gasteiger partial charge in [-0.2, -0.15) is 0 Å². The van der Waals surface area contributed by atoms with Gasteiger partial charge < -0.3 is 4.90 Å². The van der Waals surface area contributed by atoms with Gasteiger partial charge in [-0.15, -0.1) is 0 Å². The molecule has 1 aliphatic heterocycles. The maximum Gasteiger partial charge on any atom is 0.225 e. The van der Waals surface area contributed by atoms with Crippen molar-refractivity contribution >= 4 is 5.95 Å². The Balaban J connectivity index is 2.17. The molecular weight excluding hydrogens is 174 g/mol. The summed E-state index contributed by atoms with van der Waals surface area (Å²) in [6.45, 7) is 7.96. The van der Waals surface area contributed by atoms with Gasteiger partial charge >= 0.3 is 0 Å². The molecule has 3 nitrogen and oxygen atoms in total. The maximum atomic E-state index is 4.40. The topological polar surface area (TPSA) is 29.0 Å². The van der Waals surface area contributed by atoms with Crippen LogP contribution in [0.25, 0.3) is 0 Å². The summed E-state index contributed by atoms with van der Waals surface area (Å²) in [5, 5.41) is 0. The molecule has 0 spiro atoms. The fraction of sp³-hybridized carbons (Fsp3) is 0.455. The number of aromatic nitrogens is 2. The minimum Gasteiger partial charge on any atom is -0.337 e. The summed E-state index contributed by atoms with van der Waals surface area (Å²) in [5.41, 5.74) is 2.30. The zero-order chi connectivity index (χ0) is 9.97. The highest BCUT2D eigenvalue weighted by Gasteiger charge is 2.15. The first-order valence-electron chi connectivity index (χ1n) is 4.97. The molecule has 0 saturated carbocycles. The summed E-state index contributed by atoms with van der Waals surface area (Å²) >= 11 is 0. The molecule has 0 amide bonds. The van der Waals surface area contributed by atoms with Crippen molar-refractivity contribution in [3.63, 3.8) is 0 Å². The van der Waals surface area contributed by atoms with E-state index < -0.39 is 0 Å². The fourth-order valence-corrected chi connectivity index (χ4v) is 1.71. The summed E-state index contributed by atoms with van der Waals surface area (Å²) in [6, 6.07) is 1.92.